The van der Waals surface area contributed by atoms with Gasteiger partial charge in [-0.1, -0.05) is 0 Å². The van der Waals surface area contributed by atoms with Crippen LogP contribution in [0.2, 0.25) is 0 Å². The molecule has 162 valence electrons. The van der Waals surface area contributed by atoms with E-state index in [1.54, 1.807) is 0 Å². The quantitative estimate of drug-likeness (QED) is 0.142. The maximum absolute atomic E-state index is 12.0. The number of hydrogen-bond donors (Lipinski definition) is 6. The fourth-order valence-electron chi connectivity index (χ4n) is 1.67. The van der Waals surface area contributed by atoms with Gasteiger partial charge in [0.25, 0.3) is 0 Å². The van der Waals surface area contributed by atoms with E-state index in [0.29, 0.717) is 0 Å². The van der Waals surface area contributed by atoms with Crippen LogP contribution >= 0.6 is 0 Å². The molecule has 7 atom stereocenters. The number of hydrogen-bond acceptors (Lipinski definition) is 12. The molecule has 0 aromatic heterocycles. The second-order valence-corrected chi connectivity index (χ2v) is 6.13. The highest BCUT2D eigenvalue weighted by atomic mass is 16.6. The molecule has 0 saturated carbocycles. The van der Waals surface area contributed by atoms with Crippen LogP contribution < -0.4 is 22.9 Å². The standard InChI is InChI=1S/C15H28N4O9/c1-5(9(17)12(21)22)27-14(24)11(19)7(3)28-15(25)10(18)6(2)26-13(23)8(16)4-20/h5-11,20H,4,16-19H2,1-3H3,(H,21,22)/t5-,6-,7-,8+,9+,10+,11+/m1/s1. The molecule has 10 N–H and O–H groups in total. The van der Waals surface area contributed by atoms with E-state index in [1.165, 1.54) is 20.8 Å². The van der Waals surface area contributed by atoms with E-state index in [4.69, 9.17) is 47.4 Å². The van der Waals surface area contributed by atoms with Crippen LogP contribution in [0.4, 0.5) is 0 Å². The van der Waals surface area contributed by atoms with Crippen LogP contribution in [-0.2, 0) is 33.4 Å². The van der Waals surface area contributed by atoms with Crippen LogP contribution in [0.5, 0.6) is 0 Å². The number of esters is 3. The first kappa shape index (κ1) is 25.7. The maximum atomic E-state index is 12.0. The smallest absolute Gasteiger partial charge is 0.327 e. The van der Waals surface area contributed by atoms with E-state index < -0.39 is 73.0 Å². The van der Waals surface area contributed by atoms with Crippen molar-refractivity contribution in [2.45, 2.75) is 63.3 Å². The molecular weight excluding hydrogens is 380 g/mol. The average molecular weight is 408 g/mol. The highest BCUT2D eigenvalue weighted by Gasteiger charge is 2.33. The molecular formula is C15H28N4O9. The number of ether oxygens (including phenoxy) is 3. The monoisotopic (exact) mass is 408 g/mol. The summed E-state index contributed by atoms with van der Waals surface area (Å²) in [6.45, 7) is 3.21. The molecule has 28 heavy (non-hydrogen) atoms. The summed E-state index contributed by atoms with van der Waals surface area (Å²) in [5.74, 6) is -4.39. The number of carbonyl (C=O) groups excluding carboxylic acids is 3. The first-order valence-corrected chi connectivity index (χ1v) is 8.30. The molecule has 0 amide bonds. The molecule has 0 unspecified atom stereocenters. The molecule has 0 aromatic rings. The summed E-state index contributed by atoms with van der Waals surface area (Å²) >= 11 is 0. The largest absolute Gasteiger partial charge is 0.480 e. The molecule has 0 fully saturated rings. The minimum atomic E-state index is -1.46. The van der Waals surface area contributed by atoms with E-state index >= 15 is 0 Å². The van der Waals surface area contributed by atoms with Crippen molar-refractivity contribution in [3.8, 4) is 0 Å². The summed E-state index contributed by atoms with van der Waals surface area (Å²) < 4.78 is 14.6. The summed E-state index contributed by atoms with van der Waals surface area (Å²) in [6, 6.07) is -5.60. The van der Waals surface area contributed by atoms with Crippen molar-refractivity contribution in [3.05, 3.63) is 0 Å². The van der Waals surface area contributed by atoms with Gasteiger partial charge in [-0.3, -0.25) is 19.2 Å². The lowest BCUT2D eigenvalue weighted by molar-refractivity contribution is -0.164. The van der Waals surface area contributed by atoms with Gasteiger partial charge in [-0.2, -0.15) is 0 Å². The van der Waals surface area contributed by atoms with Gasteiger partial charge in [-0.15, -0.1) is 0 Å². The Kier molecular flexibility index (Phi) is 10.6. The first-order chi connectivity index (χ1) is 12.8. The number of aliphatic carboxylic acids is 1. The fourth-order valence-corrected chi connectivity index (χ4v) is 1.67. The highest BCUT2D eigenvalue weighted by Crippen LogP contribution is 2.07. The van der Waals surface area contributed by atoms with Crippen LogP contribution in [0.3, 0.4) is 0 Å². The molecule has 0 aliphatic rings. The number of carboxylic acid groups (broad SMARTS) is 1. The Hall–Kier alpha value is -2.32. The Morgan fingerprint density at radius 2 is 1.04 bits per heavy atom. The van der Waals surface area contributed by atoms with Crippen molar-refractivity contribution in [3.63, 3.8) is 0 Å². The number of carboxylic acids is 1. The van der Waals surface area contributed by atoms with Gasteiger partial charge in [0.2, 0.25) is 0 Å². The van der Waals surface area contributed by atoms with E-state index in [0.717, 1.165) is 0 Å². The lowest BCUT2D eigenvalue weighted by atomic mass is 10.1. The molecule has 0 aliphatic heterocycles. The van der Waals surface area contributed by atoms with Gasteiger partial charge in [0.05, 0.1) is 6.61 Å². The second-order valence-electron chi connectivity index (χ2n) is 6.13. The number of rotatable bonds is 11. The van der Waals surface area contributed by atoms with E-state index in [-0.39, 0.29) is 0 Å². The molecule has 13 nitrogen and oxygen atoms in total. The third kappa shape index (κ3) is 7.74. The highest BCUT2D eigenvalue weighted by molar-refractivity contribution is 5.81. The van der Waals surface area contributed by atoms with Gasteiger partial charge >= 0.3 is 23.9 Å². The Balaban J connectivity index is 4.71. The first-order valence-electron chi connectivity index (χ1n) is 8.30. The van der Waals surface area contributed by atoms with Gasteiger partial charge in [-0.05, 0) is 20.8 Å². The van der Waals surface area contributed by atoms with E-state index in [2.05, 4.69) is 0 Å². The predicted molar refractivity (Wildman–Crippen MR) is 93.3 cm³/mol. The lowest BCUT2D eigenvalue weighted by Gasteiger charge is -2.25. The lowest BCUT2D eigenvalue weighted by Crippen LogP contribution is -2.51. The molecule has 0 rings (SSSR count). The molecule has 0 bridgehead atoms. The number of aliphatic hydroxyl groups is 1. The van der Waals surface area contributed by atoms with Crippen LogP contribution in [0.1, 0.15) is 20.8 Å². The zero-order valence-corrected chi connectivity index (χ0v) is 15.8. The summed E-state index contributed by atoms with van der Waals surface area (Å²) in [6.07, 6.45) is -3.50. The zero-order valence-electron chi connectivity index (χ0n) is 15.8. The molecule has 13 heteroatoms. The van der Waals surface area contributed by atoms with Gasteiger partial charge < -0.3 is 47.4 Å². The molecule has 0 aromatic carbocycles. The third-order valence-electron chi connectivity index (χ3n) is 3.75. The Bertz CT molecular complexity index is 574. The van der Waals surface area contributed by atoms with Gasteiger partial charge in [0, 0.05) is 0 Å². The Labute approximate surface area is 161 Å². The number of carbonyl (C=O) groups is 4. The summed E-state index contributed by atoms with van der Waals surface area (Å²) in [5.41, 5.74) is 21.9. The van der Waals surface area contributed by atoms with Gasteiger partial charge in [0.1, 0.15) is 42.5 Å². The zero-order chi connectivity index (χ0) is 22.2. The fraction of sp³-hybridized carbons (Fsp3) is 0.733. The summed E-state index contributed by atoms with van der Waals surface area (Å²) in [5, 5.41) is 17.5. The van der Waals surface area contributed by atoms with E-state index in [1.807, 2.05) is 0 Å². The van der Waals surface area contributed by atoms with Crippen LogP contribution in [0.25, 0.3) is 0 Å². The molecule has 0 saturated heterocycles. The maximum Gasteiger partial charge on any atom is 0.327 e. The van der Waals surface area contributed by atoms with Gasteiger partial charge in [-0.25, -0.2) is 0 Å². The van der Waals surface area contributed by atoms with Crippen molar-refractivity contribution in [1.82, 2.24) is 0 Å². The summed E-state index contributed by atoms with van der Waals surface area (Å²) in [4.78, 5) is 46.2. The van der Waals surface area contributed by atoms with Crippen molar-refractivity contribution in [2.75, 3.05) is 6.61 Å². The molecule has 0 aliphatic carbocycles. The SMILES string of the molecule is C[C@@H](OC(=O)[C@@H](N)[C@@H](C)OC(=O)[C@@H](N)[C@@H](C)OC(=O)[C@@H](N)CO)[C@H](N)C(=O)O. The van der Waals surface area contributed by atoms with E-state index in [9.17, 15) is 19.2 Å². The second kappa shape index (κ2) is 11.5. The van der Waals surface area contributed by atoms with Crippen molar-refractivity contribution >= 4 is 23.9 Å². The molecule has 0 spiro atoms. The Morgan fingerprint density at radius 1 is 0.714 bits per heavy atom. The van der Waals surface area contributed by atoms with Crippen LogP contribution in [0.15, 0.2) is 0 Å². The van der Waals surface area contributed by atoms with Crippen LogP contribution in [0, 0.1) is 0 Å². The topological polar surface area (TPSA) is 241 Å². The van der Waals surface area contributed by atoms with Gasteiger partial charge in [0.15, 0.2) is 0 Å². The number of aliphatic hydroxyl groups excluding tert-OH is 1. The summed E-state index contributed by atoms with van der Waals surface area (Å²) in [7, 11) is 0. The molecule has 0 heterocycles. The third-order valence-corrected chi connectivity index (χ3v) is 3.75. The minimum Gasteiger partial charge on any atom is -0.480 e. The average Bonchev–Trinajstić information content (AvgIpc) is 2.64. The van der Waals surface area contributed by atoms with Crippen molar-refractivity contribution in [2.24, 2.45) is 22.9 Å². The van der Waals surface area contributed by atoms with Crippen molar-refractivity contribution < 1.29 is 43.6 Å². The van der Waals surface area contributed by atoms with Crippen molar-refractivity contribution in [1.29, 1.82) is 0 Å². The minimum absolute atomic E-state index is 0.650. The Morgan fingerprint density at radius 3 is 1.36 bits per heavy atom. The normalized spacial score (nSPS) is 18.6. The predicted octanol–water partition coefficient (Wildman–Crippen LogP) is -3.83. The van der Waals surface area contributed by atoms with Crippen LogP contribution in [-0.4, -0.2) is 83.2 Å². The number of nitrogens with two attached hydrogens (primary N) is 4. The molecule has 0 radical (unpaired) electrons.